The van der Waals surface area contributed by atoms with Crippen LogP contribution in [0, 0.1) is 193 Å². The van der Waals surface area contributed by atoms with Gasteiger partial charge in [-0.2, -0.15) is 34.2 Å². The number of allylic oxidation sites excluding steroid dienone is 10. The van der Waals surface area contributed by atoms with E-state index in [0.29, 0.717) is 163 Å². The number of halogens is 3. The number of tetrazole rings is 4. The van der Waals surface area contributed by atoms with Gasteiger partial charge in [0.05, 0.1) is 68.5 Å². The van der Waals surface area contributed by atoms with Gasteiger partial charge in [0.2, 0.25) is 0 Å². The third kappa shape index (κ3) is 20.1. The Bertz CT molecular complexity index is 5860. The standard InChI is InChI=1S/C27H36N4O.C24H33F2N3O.C24H36N4O2.C23H33FN4O.C23H34N4O/c1-18(16-31-29-17-28-30-31)24-7-8-25-23-6-5-20-15-27(32,13-9-19-3-4-19)14-11-21(20)22(23)10-12-26(24,25)2;1-15(14-29-27-11-12-28-29)20-5-6-21-19-4-3-16-13-24(30,22(25)26)10-8-17(16)18(19)7-9-23(20,21)2;1-16(13-28-26-15-25-27-28)21-6-7-22-20-5-4-17-12-24(29,14-30-3)11-9-18(17)19(20)8-10-23(21,22)2;1-15(12-28-26-14-25-27-28)20-5-6-21-19-4-3-16-11-23(29,13-24)10-8-17(16)18(19)7-9-22(20,21)2;1-15(13-27-25-14-24-26-27)20-6-7-21-19-5-4-16-12-22(2,28)10-8-17(16)18(19)9-11-23(20,21)3/h5,17,19,21-25,32H,1,3-4,6-8,10-12,14-16H2,2H3;3,11-12,17-22,30H,1,4-10,13-14H2,2H3;4,15,18-22,29H,1,5-14H2,2-3H3;3,14,17-21,29H,1,4-13H2,2H3;4,14,17-21,28H,1,5-13H2,2-3H3/t21-,22+,23+,24+,25-,26+,27+;17-,18+,19+,20+,21-,23+,24+;18-,19+,20+,21+,22-,23+,24+;2*17-,18+,19+,20+,21-,22+,23+/m00000/s1. The Hall–Kier alpha value is -8.07. The van der Waals surface area contributed by atoms with Gasteiger partial charge in [-0.3, -0.25) is 0 Å². The van der Waals surface area contributed by atoms with E-state index in [0.717, 1.165) is 154 Å². The van der Waals surface area contributed by atoms with Gasteiger partial charge >= 0.3 is 0 Å². The number of rotatable bonds is 19. The van der Waals surface area contributed by atoms with Gasteiger partial charge in [-0.15, -0.1) is 40.8 Å². The van der Waals surface area contributed by atoms with Crippen molar-refractivity contribution in [2.24, 2.45) is 181 Å². The van der Waals surface area contributed by atoms with E-state index in [1.807, 2.05) is 6.92 Å². The molecule has 5 N–H and O–H groups in total. The fourth-order valence-corrected chi connectivity index (χ4v) is 39.3. The van der Waals surface area contributed by atoms with Gasteiger partial charge in [-0.1, -0.05) is 165 Å². The largest absolute Gasteiger partial charge is 0.390 e. The van der Waals surface area contributed by atoms with Crippen LogP contribution in [0.1, 0.15) is 311 Å². The number of aliphatic hydroxyl groups is 5. The minimum absolute atomic E-state index is 0.163. The summed E-state index contributed by atoms with van der Waals surface area (Å²) in [6.07, 6.45) is 64.1. The Balaban J connectivity index is 0.000000105. The zero-order valence-electron chi connectivity index (χ0n) is 90.4. The van der Waals surface area contributed by atoms with Gasteiger partial charge in [0.15, 0.2) is 25.3 Å². The first-order chi connectivity index (χ1) is 71.5. The van der Waals surface area contributed by atoms with Gasteiger partial charge < -0.3 is 30.3 Å². The normalized spacial score (nSPS) is 43.4. The molecule has 21 aliphatic carbocycles. The highest BCUT2D eigenvalue weighted by Crippen LogP contribution is 2.72. The molecule has 0 spiro atoms. The van der Waals surface area contributed by atoms with Gasteiger partial charge in [0, 0.05) is 25.9 Å². The number of hydrogen-bond acceptors (Lipinski definition) is 20. The molecule has 5 aromatic heterocycles. The number of nitrogens with zero attached hydrogens (tertiary/aromatic N) is 19. The van der Waals surface area contributed by atoms with E-state index < -0.39 is 41.1 Å². The molecular weight excluding hydrogens is 1870 g/mol. The number of aromatic nitrogens is 19. The van der Waals surface area contributed by atoms with Crippen LogP contribution in [0.15, 0.2) is 157 Å². The molecule has 25 nitrogen and oxygen atoms in total. The first kappa shape index (κ1) is 105. The Labute approximate surface area is 882 Å². The van der Waals surface area contributed by atoms with Crippen molar-refractivity contribution < 1.29 is 43.4 Å². The molecule has 26 rings (SSSR count). The maximum Gasteiger partial charge on any atom is 0.267 e. The molecule has 21 aliphatic rings. The van der Waals surface area contributed by atoms with E-state index in [1.54, 1.807) is 49.1 Å². The number of fused-ring (bicyclic) bond motifs is 25. The molecule has 5 aromatic rings. The molecule has 0 bridgehead atoms. The highest BCUT2D eigenvalue weighted by atomic mass is 19.3. The molecule has 35 atom stereocenters. The van der Waals surface area contributed by atoms with E-state index >= 15 is 0 Å². The van der Waals surface area contributed by atoms with Crippen molar-refractivity contribution in [2.75, 3.05) is 20.4 Å². The topological polar surface area (TPSA) is 315 Å². The van der Waals surface area contributed by atoms with Crippen molar-refractivity contribution in [3.8, 4) is 11.8 Å². The van der Waals surface area contributed by atoms with E-state index in [-0.39, 0.29) is 18.3 Å². The lowest BCUT2D eigenvalue weighted by Gasteiger charge is -2.54. The van der Waals surface area contributed by atoms with Crippen LogP contribution in [0.25, 0.3) is 0 Å². The maximum atomic E-state index is 13.4. The third-order valence-electron chi connectivity index (χ3n) is 46.3. The molecule has 0 saturated heterocycles. The molecule has 808 valence electrons. The molecule has 0 aliphatic heterocycles. The summed E-state index contributed by atoms with van der Waals surface area (Å²) in [5, 5.41) is 110. The van der Waals surface area contributed by atoms with Crippen molar-refractivity contribution in [2.45, 2.75) is 378 Å². The SMILES string of the molecule is C=C(Cn1nccn1)[C@H]1CC[C@H]2[C@@H]3CC=C4C[C@@](O)(C(F)F)CC[C@@H]4[C@H]3CC[C@]12C.C=C(Cn1ncnn1)[C@H]1CC[C@H]2[C@@H]3CC=C4C[C@@](O)(C#CC5CC5)CC[C@@H]4[C@H]3CC[C@]12C.C=C(Cn1ncnn1)[C@H]1CC[C@H]2[C@@H]3CC=C4C[C@@](O)(CF)CC[C@@H]4[C@H]3CC[C@]12C.C=C(Cn1ncnn1)[C@H]1CC[C@H]2[C@@H]3CC=C4C[C@@](O)(COC)CC[C@@H]4[C@H]3CC[C@]12C.C=C(Cn1ncnn1)[C@H]1CC[C@H]2[C@@H]3CC=C4C[C@](C)(O)CC[C@@H]4[C@H]3CC[C@]12C. The molecule has 0 amide bonds. The van der Waals surface area contributed by atoms with Crippen LogP contribution in [0.5, 0.6) is 0 Å². The van der Waals surface area contributed by atoms with E-state index in [1.165, 1.54) is 230 Å². The second kappa shape index (κ2) is 41.6. The fourth-order valence-electron chi connectivity index (χ4n) is 39.3. The molecular formula is C121H172F3N19O6. The molecule has 16 fully saturated rings. The quantitative estimate of drug-likeness (QED) is 0.0379. The molecule has 0 aromatic carbocycles. The van der Waals surface area contributed by atoms with Crippen LogP contribution in [0.4, 0.5) is 13.2 Å². The van der Waals surface area contributed by atoms with E-state index in [9.17, 15) is 38.7 Å². The highest BCUT2D eigenvalue weighted by molar-refractivity contribution is 5.33. The van der Waals surface area contributed by atoms with Gasteiger partial charge in [-0.25, -0.2) is 13.2 Å². The molecule has 28 heteroatoms. The van der Waals surface area contributed by atoms with Gasteiger partial charge in [0.1, 0.15) is 17.9 Å². The van der Waals surface area contributed by atoms with Crippen molar-refractivity contribution in [3.05, 3.63) is 157 Å². The van der Waals surface area contributed by atoms with Crippen molar-refractivity contribution in [1.82, 2.24) is 95.8 Å². The second-order valence-electron chi connectivity index (χ2n) is 53.9. The Kier molecular flexibility index (Phi) is 29.4. The Morgan fingerprint density at radius 1 is 0.349 bits per heavy atom. The second-order valence-corrected chi connectivity index (χ2v) is 53.9. The van der Waals surface area contributed by atoms with Crippen LogP contribution >= 0.6 is 0 Å². The fraction of sp³-hybridized carbons (Fsp3) is 0.769. The molecule has 0 radical (unpaired) electrons. The van der Waals surface area contributed by atoms with Crippen LogP contribution in [-0.4, -0.2) is 176 Å². The first-order valence-electron chi connectivity index (χ1n) is 58.5. The zero-order chi connectivity index (χ0) is 104. The lowest BCUT2D eigenvalue weighted by molar-refractivity contribution is -0.119. The van der Waals surface area contributed by atoms with Crippen molar-refractivity contribution in [3.63, 3.8) is 0 Å². The summed E-state index contributed by atoms with van der Waals surface area (Å²) in [5.74, 6) is 24.1. The number of ether oxygens (including phenoxy) is 1. The monoisotopic (exact) mass is 2040 g/mol. The Morgan fingerprint density at radius 3 is 0.973 bits per heavy atom. The summed E-state index contributed by atoms with van der Waals surface area (Å²) in [7, 11) is 1.70. The Morgan fingerprint density at radius 2 is 0.651 bits per heavy atom. The first-order valence-corrected chi connectivity index (χ1v) is 58.5. The minimum Gasteiger partial charge on any atom is -0.390 e. The van der Waals surface area contributed by atoms with E-state index in [4.69, 9.17) is 4.74 Å². The summed E-state index contributed by atoms with van der Waals surface area (Å²) in [6, 6.07) is 0. The van der Waals surface area contributed by atoms with Crippen molar-refractivity contribution >= 4 is 0 Å². The molecule has 0 unspecified atom stereocenters. The number of alkyl halides is 3. The van der Waals surface area contributed by atoms with Crippen LogP contribution in [0.2, 0.25) is 0 Å². The van der Waals surface area contributed by atoms with Gasteiger partial charge in [0.25, 0.3) is 6.43 Å². The third-order valence-corrected chi connectivity index (χ3v) is 46.3. The molecule has 5 heterocycles. The summed E-state index contributed by atoms with van der Waals surface area (Å²) < 4.78 is 45.4. The lowest BCUT2D eigenvalue weighted by Crippen LogP contribution is -2.49. The number of hydrogen-bond donors (Lipinski definition) is 5. The average molecular weight is 2050 g/mol. The van der Waals surface area contributed by atoms with Crippen LogP contribution < -0.4 is 0 Å². The average Bonchev–Trinajstić information content (AvgIpc) is 1.65. The zero-order valence-corrected chi connectivity index (χ0v) is 90.4. The molecule has 16 saturated carbocycles. The smallest absolute Gasteiger partial charge is 0.267 e. The maximum absolute atomic E-state index is 13.4. The molecule has 149 heavy (non-hydrogen) atoms. The highest BCUT2D eigenvalue weighted by Gasteiger charge is 2.65. The van der Waals surface area contributed by atoms with Gasteiger partial charge in [-0.05, 0) is 460 Å². The van der Waals surface area contributed by atoms with Crippen molar-refractivity contribution in [1.29, 1.82) is 0 Å². The summed E-state index contributed by atoms with van der Waals surface area (Å²) in [5.41, 5.74) is 10.1. The summed E-state index contributed by atoms with van der Waals surface area (Å²) in [4.78, 5) is 8.40. The predicted octanol–water partition coefficient (Wildman–Crippen LogP) is 21.7. The van der Waals surface area contributed by atoms with Crippen LogP contribution in [-0.2, 0) is 37.5 Å². The number of methoxy groups -OCH3 is 1. The van der Waals surface area contributed by atoms with Crippen LogP contribution in [0.3, 0.4) is 0 Å². The van der Waals surface area contributed by atoms with E-state index in [2.05, 4.69) is 182 Å². The summed E-state index contributed by atoms with van der Waals surface area (Å²) in [6.45, 7) is 40.1. The summed E-state index contributed by atoms with van der Waals surface area (Å²) >= 11 is 0. The predicted molar refractivity (Wildman–Crippen MR) is 565 cm³/mol. The lowest BCUT2D eigenvalue weighted by atomic mass is 9.51. The minimum atomic E-state index is -2.65.